The Hall–Kier alpha value is -4.04. The van der Waals surface area contributed by atoms with Crippen LogP contribution in [0.3, 0.4) is 0 Å². The van der Waals surface area contributed by atoms with Crippen molar-refractivity contribution in [3.63, 3.8) is 0 Å². The van der Waals surface area contributed by atoms with Crippen LogP contribution < -0.4 is 19.7 Å². The summed E-state index contributed by atoms with van der Waals surface area (Å²) in [5.74, 6) is 0.963. The third kappa shape index (κ3) is 5.91. The lowest BCUT2D eigenvalue weighted by molar-refractivity contribution is -0.114. The van der Waals surface area contributed by atoms with Gasteiger partial charge in [-0.05, 0) is 55.0 Å². The standard InChI is InChI=1S/C27H25N3O4S/c1-18-7-11-20(12-8-18)28-25(31)17-35-27-29-24(15-19-9-13-22(33-2)14-10-19)26(32)30(27)21-5-4-6-23(16-21)34-3/h4-16H,17H2,1-3H3,(H,28,31)/b24-15-. The molecule has 0 spiro atoms. The predicted molar refractivity (Wildman–Crippen MR) is 141 cm³/mol. The summed E-state index contributed by atoms with van der Waals surface area (Å²) >= 11 is 1.20. The number of methoxy groups -OCH3 is 2. The van der Waals surface area contributed by atoms with E-state index in [0.717, 1.165) is 22.6 Å². The van der Waals surface area contributed by atoms with E-state index in [-0.39, 0.29) is 23.3 Å². The number of ether oxygens (including phenoxy) is 2. The van der Waals surface area contributed by atoms with Gasteiger partial charge < -0.3 is 14.8 Å². The molecule has 1 aliphatic rings. The molecule has 0 aromatic heterocycles. The lowest BCUT2D eigenvalue weighted by Crippen LogP contribution is -2.31. The maximum atomic E-state index is 13.4. The second kappa shape index (κ2) is 10.9. The second-order valence-electron chi connectivity index (χ2n) is 7.74. The number of amidine groups is 1. The summed E-state index contributed by atoms with van der Waals surface area (Å²) in [6.07, 6.45) is 1.72. The number of rotatable bonds is 7. The highest BCUT2D eigenvalue weighted by Crippen LogP contribution is 2.31. The average molecular weight is 488 g/mol. The number of aryl methyl sites for hydroxylation is 1. The van der Waals surface area contributed by atoms with Crippen LogP contribution in [-0.4, -0.2) is 37.0 Å². The fourth-order valence-corrected chi connectivity index (χ4v) is 4.21. The number of nitrogens with one attached hydrogen (secondary N) is 1. The van der Waals surface area contributed by atoms with Gasteiger partial charge in [-0.2, -0.15) is 0 Å². The van der Waals surface area contributed by atoms with E-state index in [1.807, 2.05) is 55.5 Å². The second-order valence-corrected chi connectivity index (χ2v) is 8.68. The Morgan fingerprint density at radius 3 is 2.40 bits per heavy atom. The number of thioether (sulfide) groups is 1. The molecule has 3 aromatic carbocycles. The first-order chi connectivity index (χ1) is 17.0. The smallest absolute Gasteiger partial charge is 0.283 e. The molecule has 1 aliphatic heterocycles. The number of anilines is 2. The predicted octanol–water partition coefficient (Wildman–Crippen LogP) is 5.13. The Morgan fingerprint density at radius 2 is 1.71 bits per heavy atom. The van der Waals surface area contributed by atoms with Gasteiger partial charge in [0, 0.05) is 11.8 Å². The van der Waals surface area contributed by atoms with Crippen molar-refractivity contribution in [1.82, 2.24) is 0 Å². The molecule has 1 N–H and O–H groups in total. The highest BCUT2D eigenvalue weighted by Gasteiger charge is 2.32. The van der Waals surface area contributed by atoms with Gasteiger partial charge in [0.1, 0.15) is 17.2 Å². The molecule has 7 nitrogen and oxygen atoms in total. The normalized spacial score (nSPS) is 14.1. The van der Waals surface area contributed by atoms with Crippen LogP contribution in [0.1, 0.15) is 11.1 Å². The summed E-state index contributed by atoms with van der Waals surface area (Å²) in [6, 6.07) is 22.1. The Bertz CT molecular complexity index is 1280. The highest BCUT2D eigenvalue weighted by molar-refractivity contribution is 8.14. The third-order valence-corrected chi connectivity index (χ3v) is 6.17. The molecule has 0 bridgehead atoms. The van der Waals surface area contributed by atoms with Gasteiger partial charge in [-0.15, -0.1) is 0 Å². The molecule has 0 fully saturated rings. The van der Waals surface area contributed by atoms with E-state index in [1.165, 1.54) is 16.7 Å². The Kier molecular flexibility index (Phi) is 7.52. The van der Waals surface area contributed by atoms with Gasteiger partial charge >= 0.3 is 0 Å². The van der Waals surface area contributed by atoms with Crippen molar-refractivity contribution in [2.24, 2.45) is 4.99 Å². The van der Waals surface area contributed by atoms with E-state index in [9.17, 15) is 9.59 Å². The fourth-order valence-electron chi connectivity index (χ4n) is 3.39. The number of hydrogen-bond acceptors (Lipinski definition) is 6. The lowest BCUT2D eigenvalue weighted by atomic mass is 10.2. The molecule has 3 aromatic rings. The molecule has 1 heterocycles. The highest BCUT2D eigenvalue weighted by atomic mass is 32.2. The van der Waals surface area contributed by atoms with Crippen molar-refractivity contribution in [3.05, 3.63) is 89.6 Å². The van der Waals surface area contributed by atoms with Crippen molar-refractivity contribution in [2.45, 2.75) is 6.92 Å². The van der Waals surface area contributed by atoms with Crippen LogP contribution in [0.25, 0.3) is 6.08 Å². The van der Waals surface area contributed by atoms with E-state index in [2.05, 4.69) is 10.3 Å². The molecule has 0 aliphatic carbocycles. The minimum Gasteiger partial charge on any atom is -0.497 e. The minimum absolute atomic E-state index is 0.0935. The average Bonchev–Trinajstić information content (AvgIpc) is 3.19. The maximum Gasteiger partial charge on any atom is 0.283 e. The molecule has 35 heavy (non-hydrogen) atoms. The topological polar surface area (TPSA) is 80.2 Å². The van der Waals surface area contributed by atoms with Crippen LogP contribution >= 0.6 is 11.8 Å². The molecule has 178 valence electrons. The van der Waals surface area contributed by atoms with E-state index in [4.69, 9.17) is 9.47 Å². The van der Waals surface area contributed by atoms with Crippen LogP contribution in [0.15, 0.2) is 83.5 Å². The minimum atomic E-state index is -0.282. The van der Waals surface area contributed by atoms with Gasteiger partial charge in [0.05, 0.1) is 25.7 Å². The molecule has 0 atom stereocenters. The maximum absolute atomic E-state index is 13.4. The number of carbonyl (C=O) groups is 2. The number of nitrogens with zero attached hydrogens (tertiary/aromatic N) is 2. The summed E-state index contributed by atoms with van der Waals surface area (Å²) in [7, 11) is 3.17. The summed E-state index contributed by atoms with van der Waals surface area (Å²) in [4.78, 5) is 32.0. The van der Waals surface area contributed by atoms with Gasteiger partial charge in [-0.1, -0.05) is 47.7 Å². The summed E-state index contributed by atoms with van der Waals surface area (Å²) in [5.41, 5.74) is 3.53. The van der Waals surface area contributed by atoms with Crippen molar-refractivity contribution in [2.75, 3.05) is 30.2 Å². The molecule has 0 radical (unpaired) electrons. The molecule has 4 rings (SSSR count). The first kappa shape index (κ1) is 24.1. The number of aliphatic imine (C=N–C) groups is 1. The lowest BCUT2D eigenvalue weighted by Gasteiger charge is -2.18. The molecular formula is C27H25N3O4S. The summed E-state index contributed by atoms with van der Waals surface area (Å²) in [5, 5.41) is 3.29. The van der Waals surface area contributed by atoms with Gasteiger partial charge in [-0.3, -0.25) is 14.5 Å². The summed E-state index contributed by atoms with van der Waals surface area (Å²) < 4.78 is 10.5. The van der Waals surface area contributed by atoms with Crippen LogP contribution in [0, 0.1) is 6.92 Å². The van der Waals surface area contributed by atoms with Gasteiger partial charge in [-0.25, -0.2) is 4.99 Å². The van der Waals surface area contributed by atoms with Crippen LogP contribution in [0.5, 0.6) is 11.5 Å². The van der Waals surface area contributed by atoms with Crippen molar-refractivity contribution >= 4 is 46.2 Å². The molecule has 0 saturated heterocycles. The van der Waals surface area contributed by atoms with Gasteiger partial charge in [0.25, 0.3) is 5.91 Å². The first-order valence-electron chi connectivity index (χ1n) is 10.9. The van der Waals surface area contributed by atoms with Crippen molar-refractivity contribution in [1.29, 1.82) is 0 Å². The quantitative estimate of drug-likeness (QED) is 0.468. The third-order valence-electron chi connectivity index (χ3n) is 5.23. The first-order valence-corrected chi connectivity index (χ1v) is 11.9. The zero-order chi connectivity index (χ0) is 24.8. The molecular weight excluding hydrogens is 462 g/mol. The Morgan fingerprint density at radius 1 is 1.00 bits per heavy atom. The van der Waals surface area contributed by atoms with Crippen LogP contribution in [0.4, 0.5) is 11.4 Å². The van der Waals surface area contributed by atoms with Crippen molar-refractivity contribution in [3.8, 4) is 11.5 Å². The zero-order valence-electron chi connectivity index (χ0n) is 19.6. The number of carbonyl (C=O) groups excluding carboxylic acids is 2. The van der Waals surface area contributed by atoms with Crippen LogP contribution in [0.2, 0.25) is 0 Å². The van der Waals surface area contributed by atoms with Crippen molar-refractivity contribution < 1.29 is 19.1 Å². The molecule has 0 unspecified atom stereocenters. The van der Waals surface area contributed by atoms with E-state index >= 15 is 0 Å². The molecule has 2 amide bonds. The number of amides is 2. The zero-order valence-corrected chi connectivity index (χ0v) is 20.5. The van der Waals surface area contributed by atoms with E-state index in [1.54, 1.807) is 44.6 Å². The number of hydrogen-bond donors (Lipinski definition) is 1. The van der Waals surface area contributed by atoms with Gasteiger partial charge in [0.2, 0.25) is 5.91 Å². The van der Waals surface area contributed by atoms with Crippen LogP contribution in [-0.2, 0) is 9.59 Å². The van der Waals surface area contributed by atoms with E-state index in [0.29, 0.717) is 16.6 Å². The SMILES string of the molecule is COc1ccc(/C=C2\N=C(SCC(=O)Nc3ccc(C)cc3)N(c3cccc(OC)c3)C2=O)cc1. The Labute approximate surface area is 208 Å². The summed E-state index contributed by atoms with van der Waals surface area (Å²) in [6.45, 7) is 1.99. The fraction of sp³-hybridized carbons (Fsp3) is 0.148. The Balaban J connectivity index is 1.58. The van der Waals surface area contributed by atoms with E-state index < -0.39 is 0 Å². The molecule has 0 saturated carbocycles. The number of benzene rings is 3. The monoisotopic (exact) mass is 487 g/mol. The largest absolute Gasteiger partial charge is 0.497 e. The molecule has 8 heteroatoms. The van der Waals surface area contributed by atoms with Gasteiger partial charge in [0.15, 0.2) is 5.17 Å².